The Morgan fingerprint density at radius 2 is 2.10 bits per heavy atom. The van der Waals surface area contributed by atoms with Gasteiger partial charge in [0.2, 0.25) is 5.91 Å². The van der Waals surface area contributed by atoms with Gasteiger partial charge in [-0.25, -0.2) is 4.79 Å². The summed E-state index contributed by atoms with van der Waals surface area (Å²) in [5.41, 5.74) is 7.38. The van der Waals surface area contributed by atoms with E-state index in [4.69, 9.17) is 17.3 Å². The van der Waals surface area contributed by atoms with Crippen molar-refractivity contribution < 1.29 is 14.7 Å². The molecule has 114 valence electrons. The number of hydrogen-bond donors (Lipinski definition) is 2. The van der Waals surface area contributed by atoms with Gasteiger partial charge in [-0.1, -0.05) is 31.5 Å². The average molecular weight is 311 g/mol. The highest BCUT2D eigenvalue weighted by molar-refractivity contribution is 6.30. The molecule has 0 bridgehead atoms. The van der Waals surface area contributed by atoms with Crippen LogP contribution in [0.4, 0.5) is 0 Å². The lowest BCUT2D eigenvalue weighted by atomic mass is 9.91. The van der Waals surface area contributed by atoms with Crippen molar-refractivity contribution in [2.75, 3.05) is 6.54 Å². The van der Waals surface area contributed by atoms with Crippen molar-refractivity contribution in [1.82, 2.24) is 4.90 Å². The molecule has 5 nitrogen and oxygen atoms in total. The van der Waals surface area contributed by atoms with E-state index in [0.717, 1.165) is 5.56 Å². The number of amides is 1. The van der Waals surface area contributed by atoms with Crippen molar-refractivity contribution in [3.8, 4) is 0 Å². The maximum absolute atomic E-state index is 12.4. The maximum atomic E-state index is 12.4. The summed E-state index contributed by atoms with van der Waals surface area (Å²) in [6.07, 6.45) is 0.580. The predicted molar refractivity (Wildman–Crippen MR) is 80.1 cm³/mol. The van der Waals surface area contributed by atoms with E-state index >= 15 is 0 Å². The molecular weight excluding hydrogens is 292 g/mol. The predicted octanol–water partition coefficient (Wildman–Crippen LogP) is 1.83. The van der Waals surface area contributed by atoms with Crippen molar-refractivity contribution in [1.29, 1.82) is 0 Å². The number of benzene rings is 1. The average Bonchev–Trinajstić information content (AvgIpc) is 2.43. The van der Waals surface area contributed by atoms with Crippen LogP contribution in [0.15, 0.2) is 18.2 Å². The van der Waals surface area contributed by atoms with E-state index in [1.165, 1.54) is 4.90 Å². The molecule has 21 heavy (non-hydrogen) atoms. The lowest BCUT2D eigenvalue weighted by molar-refractivity contribution is -0.152. The van der Waals surface area contributed by atoms with Crippen LogP contribution in [-0.2, 0) is 16.0 Å². The molecular formula is C15H19ClN2O3. The van der Waals surface area contributed by atoms with E-state index in [1.807, 2.05) is 13.8 Å². The van der Waals surface area contributed by atoms with Crippen LogP contribution in [0.5, 0.6) is 0 Å². The van der Waals surface area contributed by atoms with Gasteiger partial charge in [-0.3, -0.25) is 4.79 Å². The van der Waals surface area contributed by atoms with E-state index in [2.05, 4.69) is 0 Å². The fourth-order valence-corrected chi connectivity index (χ4v) is 2.77. The smallest absolute Gasteiger partial charge is 0.331 e. The summed E-state index contributed by atoms with van der Waals surface area (Å²) in [5, 5.41) is 10.1. The van der Waals surface area contributed by atoms with Gasteiger partial charge in [0.25, 0.3) is 0 Å². The number of hydrogen-bond acceptors (Lipinski definition) is 3. The lowest BCUT2D eigenvalue weighted by Crippen LogP contribution is -2.51. The van der Waals surface area contributed by atoms with Gasteiger partial charge in [-0.2, -0.15) is 0 Å². The number of rotatable bonds is 3. The summed E-state index contributed by atoms with van der Waals surface area (Å²) in [5.74, 6) is -1.42. The fourth-order valence-electron chi connectivity index (χ4n) is 2.58. The second-order valence-electron chi connectivity index (χ2n) is 5.64. The van der Waals surface area contributed by atoms with Crippen molar-refractivity contribution in [3.05, 3.63) is 34.3 Å². The van der Waals surface area contributed by atoms with E-state index < -0.39 is 18.1 Å². The van der Waals surface area contributed by atoms with Gasteiger partial charge in [-0.05, 0) is 35.6 Å². The molecule has 0 fully saturated rings. The van der Waals surface area contributed by atoms with Crippen LogP contribution < -0.4 is 5.73 Å². The number of nitrogens with two attached hydrogens (primary N) is 1. The third-order valence-electron chi connectivity index (χ3n) is 3.85. The topological polar surface area (TPSA) is 83.6 Å². The van der Waals surface area contributed by atoms with Crippen LogP contribution in [0.2, 0.25) is 5.02 Å². The van der Waals surface area contributed by atoms with Crippen LogP contribution in [0.25, 0.3) is 0 Å². The van der Waals surface area contributed by atoms with Gasteiger partial charge < -0.3 is 15.7 Å². The molecule has 0 saturated carbocycles. The molecule has 6 heteroatoms. The van der Waals surface area contributed by atoms with Crippen molar-refractivity contribution in [3.63, 3.8) is 0 Å². The van der Waals surface area contributed by atoms with Gasteiger partial charge in [-0.15, -0.1) is 0 Å². The first-order valence-corrected chi connectivity index (χ1v) is 7.28. The molecule has 0 aromatic heterocycles. The quantitative estimate of drug-likeness (QED) is 0.892. The molecule has 1 aliphatic rings. The van der Waals surface area contributed by atoms with Crippen LogP contribution in [0, 0.1) is 5.92 Å². The second kappa shape index (κ2) is 6.03. The largest absolute Gasteiger partial charge is 0.479 e. The van der Waals surface area contributed by atoms with Crippen LogP contribution >= 0.6 is 11.6 Å². The molecule has 1 aliphatic heterocycles. The summed E-state index contributed by atoms with van der Waals surface area (Å²) in [7, 11) is 0. The Labute approximate surface area is 128 Å². The molecule has 0 spiro atoms. The summed E-state index contributed by atoms with van der Waals surface area (Å²) < 4.78 is 0. The minimum Gasteiger partial charge on any atom is -0.479 e. The summed E-state index contributed by atoms with van der Waals surface area (Å²) in [6, 6.07) is 3.39. The number of carboxylic acids is 1. The number of halogens is 1. The molecule has 1 aromatic carbocycles. The molecule has 1 aromatic rings. The number of carbonyl (C=O) groups is 2. The zero-order chi connectivity index (χ0) is 15.7. The zero-order valence-corrected chi connectivity index (χ0v) is 12.8. The highest BCUT2D eigenvalue weighted by Crippen LogP contribution is 2.32. The number of fused-ring (bicyclic) bond motifs is 1. The Kier molecular flexibility index (Phi) is 4.54. The monoisotopic (exact) mass is 310 g/mol. The second-order valence-corrected chi connectivity index (χ2v) is 6.07. The van der Waals surface area contributed by atoms with E-state index in [-0.39, 0.29) is 11.8 Å². The Bertz CT molecular complexity index is 574. The summed E-state index contributed by atoms with van der Waals surface area (Å²) >= 11 is 5.95. The van der Waals surface area contributed by atoms with E-state index in [0.29, 0.717) is 23.6 Å². The van der Waals surface area contributed by atoms with Crippen LogP contribution in [-0.4, -0.2) is 34.5 Å². The normalized spacial score (nSPS) is 19.3. The molecule has 0 radical (unpaired) electrons. The first-order valence-electron chi connectivity index (χ1n) is 6.90. The Morgan fingerprint density at radius 1 is 1.43 bits per heavy atom. The number of carbonyl (C=O) groups excluding carboxylic acids is 1. The van der Waals surface area contributed by atoms with Gasteiger partial charge in [0, 0.05) is 11.6 Å². The maximum Gasteiger partial charge on any atom is 0.331 e. The van der Waals surface area contributed by atoms with Crippen molar-refractivity contribution in [2.45, 2.75) is 32.4 Å². The molecule has 2 rings (SSSR count). The number of aliphatic carboxylic acids is 1. The van der Waals surface area contributed by atoms with Crippen LogP contribution in [0.1, 0.15) is 31.0 Å². The summed E-state index contributed by atoms with van der Waals surface area (Å²) in [4.78, 5) is 25.4. The Morgan fingerprint density at radius 3 is 2.67 bits per heavy atom. The Hall–Kier alpha value is -1.59. The number of nitrogens with zero attached hydrogens (tertiary/aromatic N) is 1. The summed E-state index contributed by atoms with van der Waals surface area (Å²) in [6.45, 7) is 4.02. The molecule has 1 amide bonds. The van der Waals surface area contributed by atoms with Gasteiger partial charge >= 0.3 is 5.97 Å². The molecule has 3 N–H and O–H groups in total. The first-order chi connectivity index (χ1) is 9.82. The fraction of sp³-hybridized carbons (Fsp3) is 0.467. The van der Waals surface area contributed by atoms with Gasteiger partial charge in [0.1, 0.15) is 0 Å². The van der Waals surface area contributed by atoms with Gasteiger partial charge in [0.15, 0.2) is 6.04 Å². The third kappa shape index (κ3) is 3.04. The third-order valence-corrected chi connectivity index (χ3v) is 4.09. The molecule has 0 saturated heterocycles. The Balaban J connectivity index is 2.39. The highest BCUT2D eigenvalue weighted by atomic mass is 35.5. The molecule has 0 aliphatic carbocycles. The lowest BCUT2D eigenvalue weighted by Gasteiger charge is -2.36. The first kappa shape index (κ1) is 15.8. The van der Waals surface area contributed by atoms with Crippen molar-refractivity contribution in [2.24, 2.45) is 11.7 Å². The SMILES string of the molecule is CC(C)C(N)C(=O)N1CCc2cc(Cl)ccc2C1C(=O)O. The standard InChI is InChI=1S/C15H19ClN2O3/c1-8(2)12(17)14(19)18-6-5-9-7-10(16)3-4-11(9)13(18)15(20)21/h3-4,7-8,12-13H,5-6,17H2,1-2H3,(H,20,21). The van der Waals surface area contributed by atoms with E-state index in [1.54, 1.807) is 18.2 Å². The molecule has 1 heterocycles. The highest BCUT2D eigenvalue weighted by Gasteiger charge is 2.38. The van der Waals surface area contributed by atoms with E-state index in [9.17, 15) is 14.7 Å². The van der Waals surface area contributed by atoms with Crippen LogP contribution in [0.3, 0.4) is 0 Å². The van der Waals surface area contributed by atoms with Crippen molar-refractivity contribution >= 4 is 23.5 Å². The zero-order valence-electron chi connectivity index (χ0n) is 12.0. The van der Waals surface area contributed by atoms with Gasteiger partial charge in [0.05, 0.1) is 6.04 Å². The minimum absolute atomic E-state index is 0.0430. The molecule has 2 atom stereocenters. The molecule has 2 unspecified atom stereocenters. The minimum atomic E-state index is -1.05. The number of carboxylic acid groups (broad SMARTS) is 1.